The molecule has 0 unspecified atom stereocenters. The first-order valence-corrected chi connectivity index (χ1v) is 9.01. The number of carbonyl (C=O) groups is 1. The van der Waals surface area contributed by atoms with Crippen LogP contribution in [0.15, 0.2) is 24.3 Å². The Hall–Kier alpha value is -2.44. The summed E-state index contributed by atoms with van der Waals surface area (Å²) in [6, 6.07) is 5.13. The van der Waals surface area contributed by atoms with Gasteiger partial charge in [-0.1, -0.05) is 13.3 Å². The molecule has 7 heteroatoms. The van der Waals surface area contributed by atoms with E-state index in [4.69, 9.17) is 0 Å². The van der Waals surface area contributed by atoms with Crippen LogP contribution in [-0.4, -0.2) is 33.8 Å². The fourth-order valence-corrected chi connectivity index (χ4v) is 3.45. The molecule has 1 fully saturated rings. The molecular formula is C19H24F2N4O. The number of aromatic nitrogens is 2. The second kappa shape index (κ2) is 7.85. The molecule has 0 saturated carbocycles. The summed E-state index contributed by atoms with van der Waals surface area (Å²) in [5.74, 6) is -0.444. The van der Waals surface area contributed by atoms with Gasteiger partial charge in [0.1, 0.15) is 17.5 Å². The van der Waals surface area contributed by atoms with Gasteiger partial charge in [0.15, 0.2) is 0 Å². The van der Waals surface area contributed by atoms with E-state index < -0.39 is 11.6 Å². The summed E-state index contributed by atoms with van der Waals surface area (Å²) in [5.41, 5.74) is 1.27. The molecule has 0 bridgehead atoms. The van der Waals surface area contributed by atoms with Crippen LogP contribution in [-0.2, 0) is 13.5 Å². The first-order valence-electron chi connectivity index (χ1n) is 9.01. The molecule has 1 aliphatic heterocycles. The Kier molecular flexibility index (Phi) is 5.54. The minimum atomic E-state index is -0.457. The summed E-state index contributed by atoms with van der Waals surface area (Å²) in [5, 5.41) is 7.25. The van der Waals surface area contributed by atoms with Gasteiger partial charge in [0, 0.05) is 32.1 Å². The number of anilines is 1. The predicted octanol–water partition coefficient (Wildman–Crippen LogP) is 4.06. The number of nitrogens with one attached hydrogen (secondary N) is 1. The van der Waals surface area contributed by atoms with Crippen molar-refractivity contribution in [2.75, 3.05) is 18.4 Å². The van der Waals surface area contributed by atoms with Gasteiger partial charge in [-0.15, -0.1) is 0 Å². The molecule has 26 heavy (non-hydrogen) atoms. The molecule has 2 amide bonds. The van der Waals surface area contributed by atoms with Crippen molar-refractivity contribution in [2.24, 2.45) is 7.05 Å². The molecule has 0 radical (unpaired) electrons. The molecule has 0 spiro atoms. The lowest BCUT2D eigenvalue weighted by Gasteiger charge is -2.33. The van der Waals surface area contributed by atoms with Crippen LogP contribution < -0.4 is 5.32 Å². The summed E-state index contributed by atoms with van der Waals surface area (Å²) in [7, 11) is 1.79. The van der Waals surface area contributed by atoms with Gasteiger partial charge in [-0.2, -0.15) is 5.10 Å². The van der Waals surface area contributed by atoms with Crippen molar-refractivity contribution in [2.45, 2.75) is 38.5 Å². The molecule has 5 nitrogen and oxygen atoms in total. The summed E-state index contributed by atoms with van der Waals surface area (Å²) in [4.78, 5) is 14.3. The number of likely N-dealkylation sites (tertiary alicyclic amines) is 1. The van der Waals surface area contributed by atoms with Crippen LogP contribution in [0.1, 0.15) is 43.4 Å². The minimum absolute atomic E-state index is 0.201. The maximum atomic E-state index is 14.1. The van der Waals surface area contributed by atoms with Crippen LogP contribution in [0.5, 0.6) is 0 Å². The van der Waals surface area contributed by atoms with E-state index in [-0.39, 0.29) is 11.9 Å². The quantitative estimate of drug-likeness (QED) is 0.892. The number of nitrogens with zero attached hydrogens (tertiary/aromatic N) is 3. The third kappa shape index (κ3) is 4.03. The van der Waals surface area contributed by atoms with Gasteiger partial charge >= 0.3 is 6.03 Å². The highest BCUT2D eigenvalue weighted by Crippen LogP contribution is 2.29. The fraction of sp³-hybridized carbons (Fsp3) is 0.474. The number of benzene rings is 1. The van der Waals surface area contributed by atoms with Gasteiger partial charge in [0.05, 0.1) is 5.69 Å². The van der Waals surface area contributed by atoms with Gasteiger partial charge in [-0.25, -0.2) is 13.6 Å². The van der Waals surface area contributed by atoms with E-state index in [1.54, 1.807) is 16.6 Å². The van der Waals surface area contributed by atoms with Crippen molar-refractivity contribution in [3.8, 4) is 0 Å². The molecule has 1 atom stereocenters. The second-order valence-corrected chi connectivity index (χ2v) is 6.78. The third-order valence-corrected chi connectivity index (χ3v) is 4.78. The van der Waals surface area contributed by atoms with Crippen molar-refractivity contribution in [1.82, 2.24) is 14.7 Å². The van der Waals surface area contributed by atoms with E-state index in [1.807, 2.05) is 6.07 Å². The van der Waals surface area contributed by atoms with E-state index in [0.717, 1.165) is 43.5 Å². The van der Waals surface area contributed by atoms with Crippen molar-refractivity contribution < 1.29 is 13.6 Å². The summed E-state index contributed by atoms with van der Waals surface area (Å²) in [6.07, 6.45) is 3.32. The molecule has 1 N–H and O–H groups in total. The van der Waals surface area contributed by atoms with Crippen LogP contribution in [0.4, 0.5) is 19.4 Å². The first kappa shape index (κ1) is 18.4. The van der Waals surface area contributed by atoms with Gasteiger partial charge in [0.25, 0.3) is 0 Å². The second-order valence-electron chi connectivity index (χ2n) is 6.78. The number of carbonyl (C=O) groups excluding carboxylic acids is 1. The molecular weight excluding hydrogens is 338 g/mol. The Labute approximate surface area is 152 Å². The lowest BCUT2D eigenvalue weighted by Crippen LogP contribution is -2.42. The zero-order chi connectivity index (χ0) is 18.7. The van der Waals surface area contributed by atoms with Crippen LogP contribution in [0.2, 0.25) is 0 Å². The Morgan fingerprint density at radius 1 is 1.35 bits per heavy atom. The predicted molar refractivity (Wildman–Crippen MR) is 96.1 cm³/mol. The maximum Gasteiger partial charge on any atom is 0.323 e. The highest BCUT2D eigenvalue weighted by atomic mass is 19.1. The molecule has 0 aliphatic carbocycles. The summed E-state index contributed by atoms with van der Waals surface area (Å²) < 4.78 is 29.2. The van der Waals surface area contributed by atoms with Crippen LogP contribution in [0.25, 0.3) is 0 Å². The maximum absolute atomic E-state index is 14.1. The van der Waals surface area contributed by atoms with Crippen molar-refractivity contribution in [3.63, 3.8) is 0 Å². The molecule has 1 saturated heterocycles. The van der Waals surface area contributed by atoms with Crippen LogP contribution in [0, 0.1) is 11.6 Å². The molecule has 1 aliphatic rings. The van der Waals surface area contributed by atoms with Gasteiger partial charge in [-0.05, 0) is 43.0 Å². The van der Waals surface area contributed by atoms with E-state index in [9.17, 15) is 13.6 Å². The number of piperidine rings is 1. The van der Waals surface area contributed by atoms with Crippen LogP contribution in [0.3, 0.4) is 0 Å². The van der Waals surface area contributed by atoms with Crippen molar-refractivity contribution in [1.29, 1.82) is 0 Å². The Morgan fingerprint density at radius 2 is 2.15 bits per heavy atom. The number of hydrogen-bond donors (Lipinski definition) is 1. The highest BCUT2D eigenvalue weighted by Gasteiger charge is 2.27. The largest absolute Gasteiger partial charge is 0.324 e. The summed E-state index contributed by atoms with van der Waals surface area (Å²) in [6.45, 7) is 3.04. The number of amides is 2. The van der Waals surface area contributed by atoms with E-state index in [0.29, 0.717) is 24.5 Å². The van der Waals surface area contributed by atoms with Gasteiger partial charge < -0.3 is 4.90 Å². The van der Waals surface area contributed by atoms with Crippen LogP contribution >= 0.6 is 0 Å². The normalized spacial score (nSPS) is 17.4. The zero-order valence-corrected chi connectivity index (χ0v) is 15.1. The molecule has 2 aromatic rings. The number of hydrogen-bond acceptors (Lipinski definition) is 2. The number of rotatable bonds is 4. The SMILES string of the molecule is CCCc1cc(NC(=O)N2CCC[C@H](c3cc(F)ccc3F)C2)n(C)n1. The number of halogens is 2. The van der Waals surface area contributed by atoms with Gasteiger partial charge in [-0.3, -0.25) is 10.00 Å². The van der Waals surface area contributed by atoms with E-state index >= 15 is 0 Å². The number of aryl methyl sites for hydroxylation is 2. The zero-order valence-electron chi connectivity index (χ0n) is 15.1. The molecule has 2 heterocycles. The molecule has 3 rings (SSSR count). The average molecular weight is 362 g/mol. The Bertz CT molecular complexity index is 790. The van der Waals surface area contributed by atoms with Crippen molar-refractivity contribution >= 4 is 11.8 Å². The standard InChI is InChI=1S/C19H24F2N4O/c1-3-5-15-11-18(24(2)23-15)22-19(26)25-9-4-6-13(12-25)16-10-14(20)7-8-17(16)21/h7-8,10-11,13H,3-6,9,12H2,1-2H3,(H,22,26)/t13-/m0/s1. The monoisotopic (exact) mass is 362 g/mol. The van der Waals surface area contributed by atoms with Crippen molar-refractivity contribution in [3.05, 3.63) is 47.2 Å². The topological polar surface area (TPSA) is 50.2 Å². The van der Waals surface area contributed by atoms with E-state index in [1.165, 1.54) is 6.07 Å². The number of urea groups is 1. The average Bonchev–Trinajstić information content (AvgIpc) is 2.96. The molecule has 1 aromatic carbocycles. The summed E-state index contributed by atoms with van der Waals surface area (Å²) >= 11 is 0. The molecule has 140 valence electrons. The first-order chi connectivity index (χ1) is 12.5. The Balaban J connectivity index is 1.69. The smallest absolute Gasteiger partial charge is 0.323 e. The lowest BCUT2D eigenvalue weighted by molar-refractivity contribution is 0.192. The minimum Gasteiger partial charge on any atom is -0.324 e. The fourth-order valence-electron chi connectivity index (χ4n) is 3.45. The van der Waals surface area contributed by atoms with E-state index in [2.05, 4.69) is 17.3 Å². The van der Waals surface area contributed by atoms with Gasteiger partial charge in [0.2, 0.25) is 0 Å². The lowest BCUT2D eigenvalue weighted by atomic mass is 9.90. The highest BCUT2D eigenvalue weighted by molar-refractivity contribution is 5.88. The third-order valence-electron chi connectivity index (χ3n) is 4.78. The Morgan fingerprint density at radius 3 is 2.92 bits per heavy atom. The molecule has 1 aromatic heterocycles.